The summed E-state index contributed by atoms with van der Waals surface area (Å²) in [4.78, 5) is 5.31. The van der Waals surface area contributed by atoms with Crippen LogP contribution in [0.25, 0.3) is 0 Å². The standard InChI is InChI=1S/C15H31N3.C2H6/c1-4-14-11-15(16-12-14)18-9-7-17(8-10-18)6-5-13(2)3;1-2/h13-16H,4-12H2,1-3H3;1-2H3. The van der Waals surface area contributed by atoms with Gasteiger partial charge in [0.1, 0.15) is 0 Å². The van der Waals surface area contributed by atoms with Crippen molar-refractivity contribution in [1.29, 1.82) is 0 Å². The summed E-state index contributed by atoms with van der Waals surface area (Å²) >= 11 is 0. The van der Waals surface area contributed by atoms with Gasteiger partial charge in [0.05, 0.1) is 6.17 Å². The highest BCUT2D eigenvalue weighted by molar-refractivity contribution is 4.84. The maximum Gasteiger partial charge on any atom is 0.0601 e. The molecule has 20 heavy (non-hydrogen) atoms. The van der Waals surface area contributed by atoms with Gasteiger partial charge in [-0.25, -0.2) is 0 Å². The van der Waals surface area contributed by atoms with Gasteiger partial charge >= 0.3 is 0 Å². The lowest BCUT2D eigenvalue weighted by molar-refractivity contribution is 0.0855. The monoisotopic (exact) mass is 283 g/mol. The molecule has 1 N–H and O–H groups in total. The number of nitrogens with zero attached hydrogens (tertiary/aromatic N) is 2. The lowest BCUT2D eigenvalue weighted by Gasteiger charge is -2.38. The van der Waals surface area contributed by atoms with E-state index < -0.39 is 0 Å². The van der Waals surface area contributed by atoms with Crippen molar-refractivity contribution in [2.75, 3.05) is 39.3 Å². The first kappa shape index (κ1) is 17.9. The molecule has 3 heteroatoms. The normalized spacial score (nSPS) is 28.5. The second kappa shape index (κ2) is 9.75. The first-order valence-corrected chi connectivity index (χ1v) is 8.88. The maximum atomic E-state index is 3.70. The lowest BCUT2D eigenvalue weighted by atomic mass is 10.0. The summed E-state index contributed by atoms with van der Waals surface area (Å²) in [5.41, 5.74) is 0. The summed E-state index contributed by atoms with van der Waals surface area (Å²) in [7, 11) is 0. The van der Waals surface area contributed by atoms with Crippen LogP contribution in [0.5, 0.6) is 0 Å². The van der Waals surface area contributed by atoms with Gasteiger partial charge in [0.25, 0.3) is 0 Å². The number of piperazine rings is 1. The third-order valence-electron chi connectivity index (χ3n) is 4.65. The minimum Gasteiger partial charge on any atom is -0.301 e. The summed E-state index contributed by atoms with van der Waals surface area (Å²) in [5.74, 6) is 1.75. The SMILES string of the molecule is CC.CCC1CNC(N2CCN(CCC(C)C)CC2)C1. The predicted molar refractivity (Wildman–Crippen MR) is 89.0 cm³/mol. The highest BCUT2D eigenvalue weighted by Gasteiger charge is 2.29. The minimum atomic E-state index is 0.669. The summed E-state index contributed by atoms with van der Waals surface area (Å²) < 4.78 is 0. The number of nitrogens with one attached hydrogen (secondary N) is 1. The zero-order valence-electron chi connectivity index (χ0n) is 14.5. The Bertz CT molecular complexity index is 234. The van der Waals surface area contributed by atoms with Crippen molar-refractivity contribution < 1.29 is 0 Å². The van der Waals surface area contributed by atoms with E-state index in [9.17, 15) is 0 Å². The fourth-order valence-corrected chi connectivity index (χ4v) is 3.11. The molecule has 0 saturated carbocycles. The topological polar surface area (TPSA) is 18.5 Å². The van der Waals surface area contributed by atoms with E-state index in [0.29, 0.717) is 6.17 Å². The van der Waals surface area contributed by atoms with E-state index in [1.165, 1.54) is 58.5 Å². The molecule has 0 aromatic carbocycles. The van der Waals surface area contributed by atoms with Gasteiger partial charge in [0.15, 0.2) is 0 Å². The Morgan fingerprint density at radius 2 is 1.75 bits per heavy atom. The van der Waals surface area contributed by atoms with Crippen molar-refractivity contribution in [2.24, 2.45) is 11.8 Å². The van der Waals surface area contributed by atoms with Gasteiger partial charge in [-0.2, -0.15) is 0 Å². The van der Waals surface area contributed by atoms with Crippen molar-refractivity contribution in [1.82, 2.24) is 15.1 Å². The van der Waals surface area contributed by atoms with E-state index in [-0.39, 0.29) is 0 Å². The molecule has 0 aromatic rings. The molecular formula is C17H37N3. The second-order valence-electron chi connectivity index (χ2n) is 6.49. The molecule has 0 radical (unpaired) electrons. The molecular weight excluding hydrogens is 246 g/mol. The van der Waals surface area contributed by atoms with Crippen LogP contribution in [0.1, 0.15) is 53.9 Å². The summed E-state index contributed by atoms with van der Waals surface area (Å²) in [6.07, 6.45) is 4.71. The van der Waals surface area contributed by atoms with Crippen LogP contribution in [0, 0.1) is 11.8 Å². The van der Waals surface area contributed by atoms with Crippen LogP contribution in [0.2, 0.25) is 0 Å². The highest BCUT2D eigenvalue weighted by Crippen LogP contribution is 2.20. The van der Waals surface area contributed by atoms with E-state index >= 15 is 0 Å². The molecule has 2 aliphatic heterocycles. The zero-order chi connectivity index (χ0) is 15.0. The van der Waals surface area contributed by atoms with Gasteiger partial charge in [-0.15, -0.1) is 0 Å². The van der Waals surface area contributed by atoms with E-state index in [0.717, 1.165) is 11.8 Å². The van der Waals surface area contributed by atoms with Crippen LogP contribution >= 0.6 is 0 Å². The molecule has 0 spiro atoms. The van der Waals surface area contributed by atoms with Gasteiger partial charge in [-0.3, -0.25) is 4.90 Å². The fourth-order valence-electron chi connectivity index (χ4n) is 3.11. The van der Waals surface area contributed by atoms with Crippen molar-refractivity contribution >= 4 is 0 Å². The third-order valence-corrected chi connectivity index (χ3v) is 4.65. The van der Waals surface area contributed by atoms with Gasteiger partial charge in [-0.1, -0.05) is 41.0 Å². The van der Waals surface area contributed by atoms with E-state index in [2.05, 4.69) is 35.9 Å². The van der Waals surface area contributed by atoms with E-state index in [4.69, 9.17) is 0 Å². The summed E-state index contributed by atoms with van der Waals surface area (Å²) in [6.45, 7) is 18.5. The fraction of sp³-hybridized carbons (Fsp3) is 1.00. The van der Waals surface area contributed by atoms with Crippen LogP contribution in [0.3, 0.4) is 0 Å². The lowest BCUT2D eigenvalue weighted by Crippen LogP contribution is -2.53. The summed E-state index contributed by atoms with van der Waals surface area (Å²) in [6, 6.07) is 0. The first-order valence-electron chi connectivity index (χ1n) is 8.88. The number of hydrogen-bond acceptors (Lipinski definition) is 3. The molecule has 2 heterocycles. The van der Waals surface area contributed by atoms with Crippen LogP contribution in [0.4, 0.5) is 0 Å². The molecule has 120 valence electrons. The van der Waals surface area contributed by atoms with E-state index in [1.807, 2.05) is 13.8 Å². The molecule has 3 nitrogen and oxygen atoms in total. The van der Waals surface area contributed by atoms with Crippen LogP contribution in [0.15, 0.2) is 0 Å². The average molecular weight is 284 g/mol. The predicted octanol–water partition coefficient (Wildman–Crippen LogP) is 3.02. The number of rotatable bonds is 5. The Morgan fingerprint density at radius 1 is 1.10 bits per heavy atom. The second-order valence-corrected chi connectivity index (χ2v) is 6.49. The number of hydrogen-bond donors (Lipinski definition) is 1. The Balaban J connectivity index is 0.000000956. The highest BCUT2D eigenvalue weighted by atomic mass is 15.3. The van der Waals surface area contributed by atoms with Gasteiger partial charge in [-0.05, 0) is 37.8 Å². The average Bonchev–Trinajstić information content (AvgIpc) is 2.97. The molecule has 2 rings (SSSR count). The summed E-state index contributed by atoms with van der Waals surface area (Å²) in [5, 5.41) is 3.70. The quantitative estimate of drug-likeness (QED) is 0.837. The van der Waals surface area contributed by atoms with Gasteiger partial charge in [0, 0.05) is 26.2 Å². The minimum absolute atomic E-state index is 0.669. The van der Waals surface area contributed by atoms with Gasteiger partial charge in [0.2, 0.25) is 0 Å². The Labute approximate surface area is 127 Å². The Kier molecular flexibility index (Phi) is 8.74. The largest absolute Gasteiger partial charge is 0.301 e. The van der Waals surface area contributed by atoms with Crippen molar-refractivity contribution in [3.63, 3.8) is 0 Å². The van der Waals surface area contributed by atoms with Crippen LogP contribution < -0.4 is 5.32 Å². The Morgan fingerprint density at radius 3 is 2.25 bits per heavy atom. The first-order chi connectivity index (χ1) is 9.69. The van der Waals surface area contributed by atoms with Crippen molar-refractivity contribution in [3.8, 4) is 0 Å². The molecule has 2 unspecified atom stereocenters. The van der Waals surface area contributed by atoms with E-state index in [1.54, 1.807) is 0 Å². The molecule has 2 atom stereocenters. The third kappa shape index (κ3) is 5.71. The van der Waals surface area contributed by atoms with Crippen LogP contribution in [-0.2, 0) is 0 Å². The molecule has 2 saturated heterocycles. The molecule has 0 amide bonds. The molecule has 0 bridgehead atoms. The molecule has 2 fully saturated rings. The molecule has 0 aliphatic carbocycles. The van der Waals surface area contributed by atoms with Crippen LogP contribution in [-0.4, -0.2) is 55.2 Å². The van der Waals surface area contributed by atoms with Gasteiger partial charge < -0.3 is 10.2 Å². The molecule has 0 aromatic heterocycles. The van der Waals surface area contributed by atoms with Crippen molar-refractivity contribution in [2.45, 2.75) is 60.0 Å². The molecule has 2 aliphatic rings. The zero-order valence-corrected chi connectivity index (χ0v) is 14.5. The Hall–Kier alpha value is -0.120. The smallest absolute Gasteiger partial charge is 0.0601 e. The van der Waals surface area contributed by atoms with Crippen molar-refractivity contribution in [3.05, 3.63) is 0 Å². The maximum absolute atomic E-state index is 3.70.